The van der Waals surface area contributed by atoms with Crippen LogP contribution in [0.25, 0.3) is 16.2 Å². The minimum atomic E-state index is -3.41. The molecule has 6 nitrogen and oxygen atoms in total. The van der Waals surface area contributed by atoms with E-state index in [1.54, 1.807) is 23.5 Å². The molecular formula is C15H15N3O3S2. The molecule has 0 saturated heterocycles. The Balaban J connectivity index is 1.77. The van der Waals surface area contributed by atoms with Gasteiger partial charge < -0.3 is 5.32 Å². The molecule has 1 amide bonds. The molecule has 0 aliphatic carbocycles. The quantitative estimate of drug-likeness (QED) is 0.784. The van der Waals surface area contributed by atoms with Crippen LogP contribution < -0.4 is 5.32 Å². The van der Waals surface area contributed by atoms with Crippen LogP contribution in [0.15, 0.2) is 42.0 Å². The van der Waals surface area contributed by atoms with Crippen molar-refractivity contribution in [2.75, 3.05) is 11.6 Å². The molecule has 3 aromatic rings. The van der Waals surface area contributed by atoms with Gasteiger partial charge in [0.15, 0.2) is 14.8 Å². The summed E-state index contributed by atoms with van der Waals surface area (Å²) >= 11 is 1.56. The minimum Gasteiger partial charge on any atom is -0.325 e. The molecule has 0 saturated carbocycles. The zero-order chi connectivity index (χ0) is 16.6. The molecular weight excluding hydrogens is 334 g/mol. The van der Waals surface area contributed by atoms with Crippen LogP contribution in [0.5, 0.6) is 0 Å². The largest absolute Gasteiger partial charge is 0.325 e. The van der Waals surface area contributed by atoms with Crippen LogP contribution >= 0.6 is 11.3 Å². The Labute approximate surface area is 137 Å². The summed E-state index contributed by atoms with van der Waals surface area (Å²) in [5.74, 6) is -0.539. The molecule has 2 aromatic heterocycles. The number of amides is 1. The highest BCUT2D eigenvalue weighted by Crippen LogP contribution is 2.23. The van der Waals surface area contributed by atoms with Gasteiger partial charge in [-0.2, -0.15) is 0 Å². The van der Waals surface area contributed by atoms with E-state index < -0.39 is 21.0 Å². The van der Waals surface area contributed by atoms with Gasteiger partial charge in [-0.25, -0.2) is 13.4 Å². The lowest BCUT2D eigenvalue weighted by molar-refractivity contribution is -0.115. The molecule has 8 heteroatoms. The molecule has 0 radical (unpaired) electrons. The van der Waals surface area contributed by atoms with Gasteiger partial charge in [0.2, 0.25) is 5.91 Å². The molecule has 3 rings (SSSR count). The van der Waals surface area contributed by atoms with E-state index in [2.05, 4.69) is 10.3 Å². The number of benzene rings is 1. The first-order chi connectivity index (χ1) is 10.8. The fraction of sp³-hybridized carbons (Fsp3) is 0.200. The van der Waals surface area contributed by atoms with Crippen molar-refractivity contribution in [3.63, 3.8) is 0 Å². The molecule has 1 N–H and O–H groups in total. The fourth-order valence-electron chi connectivity index (χ4n) is 2.03. The highest BCUT2D eigenvalue weighted by atomic mass is 32.2. The second-order valence-electron chi connectivity index (χ2n) is 5.26. The highest BCUT2D eigenvalue weighted by molar-refractivity contribution is 7.92. The summed E-state index contributed by atoms with van der Waals surface area (Å²) in [6.45, 7) is 1.37. The third kappa shape index (κ3) is 3.27. The van der Waals surface area contributed by atoms with Crippen molar-refractivity contribution >= 4 is 37.7 Å². The van der Waals surface area contributed by atoms with E-state index in [1.807, 2.05) is 34.3 Å². The molecule has 0 aliphatic rings. The number of fused-ring (bicyclic) bond motifs is 1. The Bertz CT molecular complexity index is 927. The predicted molar refractivity (Wildman–Crippen MR) is 91.4 cm³/mol. The first-order valence-electron chi connectivity index (χ1n) is 6.87. The summed E-state index contributed by atoms with van der Waals surface area (Å²) < 4.78 is 24.7. The maximum Gasteiger partial charge on any atom is 0.242 e. The lowest BCUT2D eigenvalue weighted by Gasteiger charge is -2.10. The minimum absolute atomic E-state index is 0.539. The van der Waals surface area contributed by atoms with Crippen LogP contribution in [0.2, 0.25) is 0 Å². The molecule has 0 unspecified atom stereocenters. The predicted octanol–water partition coefficient (Wildman–Crippen LogP) is 2.43. The van der Waals surface area contributed by atoms with Gasteiger partial charge in [0.1, 0.15) is 5.25 Å². The van der Waals surface area contributed by atoms with E-state index in [9.17, 15) is 13.2 Å². The third-order valence-corrected chi connectivity index (χ3v) is 5.82. The number of thiazole rings is 1. The molecule has 0 spiro atoms. The SMILES string of the molecule is C[C@H](C(=O)Nc1ccc(-c2cn3ccsc3n2)cc1)S(C)(=O)=O. The number of anilines is 1. The van der Waals surface area contributed by atoms with Gasteiger partial charge in [-0.05, 0) is 19.1 Å². The fourth-order valence-corrected chi connectivity index (χ4v) is 3.18. The maximum atomic E-state index is 11.9. The lowest BCUT2D eigenvalue weighted by Crippen LogP contribution is -2.31. The lowest BCUT2D eigenvalue weighted by atomic mass is 10.1. The standard InChI is InChI=1S/C15H15N3O3S2/c1-10(23(2,20)21)14(19)16-12-5-3-11(4-6-12)13-9-18-7-8-22-15(18)17-13/h3-10H,1-2H3,(H,16,19)/t10-/m1/s1. The Morgan fingerprint density at radius 3 is 2.61 bits per heavy atom. The van der Waals surface area contributed by atoms with Crippen LogP contribution in [0.3, 0.4) is 0 Å². The second kappa shape index (κ2) is 5.78. The van der Waals surface area contributed by atoms with Crippen LogP contribution in [-0.2, 0) is 14.6 Å². The summed E-state index contributed by atoms with van der Waals surface area (Å²) in [5.41, 5.74) is 2.32. The van der Waals surface area contributed by atoms with Crippen molar-refractivity contribution < 1.29 is 13.2 Å². The highest BCUT2D eigenvalue weighted by Gasteiger charge is 2.23. The van der Waals surface area contributed by atoms with Gasteiger partial charge in [-0.1, -0.05) is 12.1 Å². The van der Waals surface area contributed by atoms with Crippen LogP contribution in [0.1, 0.15) is 6.92 Å². The van der Waals surface area contributed by atoms with Gasteiger partial charge in [-0.15, -0.1) is 11.3 Å². The Morgan fingerprint density at radius 2 is 2.00 bits per heavy atom. The molecule has 0 fully saturated rings. The second-order valence-corrected chi connectivity index (χ2v) is 8.50. The van der Waals surface area contributed by atoms with Crippen molar-refractivity contribution in [2.45, 2.75) is 12.2 Å². The van der Waals surface area contributed by atoms with Crippen LogP contribution in [0.4, 0.5) is 5.69 Å². The molecule has 120 valence electrons. The number of hydrogen-bond donors (Lipinski definition) is 1. The molecule has 0 aliphatic heterocycles. The maximum absolute atomic E-state index is 11.9. The van der Waals surface area contributed by atoms with Crippen molar-refractivity contribution in [3.8, 4) is 11.3 Å². The molecule has 2 heterocycles. The Morgan fingerprint density at radius 1 is 1.30 bits per heavy atom. The molecule has 1 aromatic carbocycles. The van der Waals surface area contributed by atoms with E-state index in [4.69, 9.17) is 0 Å². The van der Waals surface area contributed by atoms with Crippen molar-refractivity contribution in [3.05, 3.63) is 42.0 Å². The summed E-state index contributed by atoms with van der Waals surface area (Å²) in [5, 5.41) is 3.49. The number of hydrogen-bond acceptors (Lipinski definition) is 5. The van der Waals surface area contributed by atoms with Crippen LogP contribution in [0, 0.1) is 0 Å². The number of rotatable bonds is 4. The van der Waals surface area contributed by atoms with E-state index in [1.165, 1.54) is 6.92 Å². The van der Waals surface area contributed by atoms with Crippen molar-refractivity contribution in [1.29, 1.82) is 0 Å². The van der Waals surface area contributed by atoms with Gasteiger partial charge in [0.25, 0.3) is 0 Å². The average molecular weight is 349 g/mol. The van der Waals surface area contributed by atoms with E-state index in [-0.39, 0.29) is 0 Å². The van der Waals surface area contributed by atoms with Gasteiger partial charge >= 0.3 is 0 Å². The van der Waals surface area contributed by atoms with Crippen molar-refractivity contribution in [1.82, 2.24) is 9.38 Å². The summed E-state index contributed by atoms with van der Waals surface area (Å²) in [7, 11) is -3.41. The monoisotopic (exact) mass is 349 g/mol. The first-order valence-corrected chi connectivity index (χ1v) is 9.70. The number of carbonyl (C=O) groups excluding carboxylic acids is 1. The number of carbonyl (C=O) groups is 1. The van der Waals surface area contributed by atoms with Crippen LogP contribution in [-0.4, -0.2) is 35.2 Å². The number of nitrogens with one attached hydrogen (secondary N) is 1. The van der Waals surface area contributed by atoms with E-state index >= 15 is 0 Å². The zero-order valence-corrected chi connectivity index (χ0v) is 14.2. The Hall–Kier alpha value is -2.19. The zero-order valence-electron chi connectivity index (χ0n) is 12.6. The van der Waals surface area contributed by atoms with E-state index in [0.717, 1.165) is 22.5 Å². The van der Waals surface area contributed by atoms with E-state index in [0.29, 0.717) is 5.69 Å². The number of sulfone groups is 1. The molecule has 23 heavy (non-hydrogen) atoms. The van der Waals surface area contributed by atoms with Gasteiger partial charge in [-0.3, -0.25) is 9.20 Å². The summed E-state index contributed by atoms with van der Waals surface area (Å²) in [6, 6.07) is 7.14. The van der Waals surface area contributed by atoms with Gasteiger partial charge in [0.05, 0.1) is 5.69 Å². The van der Waals surface area contributed by atoms with Gasteiger partial charge in [0, 0.05) is 35.3 Å². The number of aromatic nitrogens is 2. The topological polar surface area (TPSA) is 80.5 Å². The Kier molecular flexibility index (Phi) is 3.95. The summed E-state index contributed by atoms with van der Waals surface area (Å²) in [6.07, 6.45) is 4.92. The first kappa shape index (κ1) is 15.7. The smallest absolute Gasteiger partial charge is 0.242 e. The van der Waals surface area contributed by atoms with Crippen molar-refractivity contribution in [2.24, 2.45) is 0 Å². The summed E-state index contributed by atoms with van der Waals surface area (Å²) in [4.78, 5) is 17.3. The normalized spacial score (nSPS) is 13.1. The number of imidazole rings is 1. The number of nitrogens with zero attached hydrogens (tertiary/aromatic N) is 2. The third-order valence-electron chi connectivity index (χ3n) is 3.55. The molecule has 0 bridgehead atoms. The molecule has 1 atom stereocenters. The average Bonchev–Trinajstić information content (AvgIpc) is 3.07.